The fraction of sp³-hybridized carbons (Fsp3) is 0.385. The van der Waals surface area contributed by atoms with Crippen LogP contribution in [0.25, 0.3) is 0 Å². The highest BCUT2D eigenvalue weighted by Crippen LogP contribution is 2.27. The van der Waals surface area contributed by atoms with Gasteiger partial charge < -0.3 is 14.8 Å². The first-order valence-corrected chi connectivity index (χ1v) is 5.69. The standard InChI is InChI=1S/C13H13F4NO2/c1-2-3-6-18-8-9-4-5-10(19-12(14)15)7-11(9)20-13(16)17/h1,4-5,7,12-13,18H,3,6,8H2. The molecule has 1 aromatic carbocycles. The molecular formula is C13H13F4NO2. The van der Waals surface area contributed by atoms with Crippen LogP contribution in [0.3, 0.4) is 0 Å². The third kappa shape index (κ3) is 5.80. The van der Waals surface area contributed by atoms with Crippen LogP contribution in [0, 0.1) is 12.3 Å². The lowest BCUT2D eigenvalue weighted by Crippen LogP contribution is -2.16. The Hall–Kier alpha value is -1.94. The molecule has 1 aromatic rings. The molecule has 0 fully saturated rings. The van der Waals surface area contributed by atoms with Crippen molar-refractivity contribution in [3.8, 4) is 23.8 Å². The van der Waals surface area contributed by atoms with E-state index in [9.17, 15) is 17.6 Å². The summed E-state index contributed by atoms with van der Waals surface area (Å²) in [5.41, 5.74) is 0.393. The van der Waals surface area contributed by atoms with Crippen LogP contribution in [-0.2, 0) is 6.54 Å². The van der Waals surface area contributed by atoms with E-state index in [1.165, 1.54) is 12.1 Å². The molecule has 0 unspecified atom stereocenters. The smallest absolute Gasteiger partial charge is 0.387 e. The van der Waals surface area contributed by atoms with Crippen molar-refractivity contribution >= 4 is 0 Å². The minimum atomic E-state index is -3.05. The molecule has 0 heterocycles. The zero-order valence-electron chi connectivity index (χ0n) is 10.4. The summed E-state index contributed by atoms with van der Waals surface area (Å²) in [4.78, 5) is 0. The lowest BCUT2D eigenvalue weighted by atomic mass is 10.2. The molecule has 1 N–H and O–H groups in total. The molecule has 0 aromatic heterocycles. The van der Waals surface area contributed by atoms with E-state index in [0.717, 1.165) is 6.07 Å². The molecule has 0 radical (unpaired) electrons. The number of ether oxygens (including phenoxy) is 2. The van der Waals surface area contributed by atoms with E-state index in [4.69, 9.17) is 6.42 Å². The molecular weight excluding hydrogens is 278 g/mol. The Kier molecular flexibility index (Phi) is 6.67. The lowest BCUT2D eigenvalue weighted by molar-refractivity contribution is -0.0546. The van der Waals surface area contributed by atoms with Crippen molar-refractivity contribution in [1.82, 2.24) is 5.32 Å². The van der Waals surface area contributed by atoms with Gasteiger partial charge in [0.1, 0.15) is 11.5 Å². The number of nitrogens with one attached hydrogen (secondary N) is 1. The van der Waals surface area contributed by atoms with Crippen LogP contribution in [-0.4, -0.2) is 19.8 Å². The minimum absolute atomic E-state index is 0.216. The highest BCUT2D eigenvalue weighted by atomic mass is 19.3. The average Bonchev–Trinajstić information content (AvgIpc) is 2.35. The number of rotatable bonds is 8. The maximum absolute atomic E-state index is 12.3. The number of halogens is 4. The summed E-state index contributed by atoms with van der Waals surface area (Å²) >= 11 is 0. The fourth-order valence-corrected chi connectivity index (χ4v) is 1.45. The Morgan fingerprint density at radius 1 is 1.15 bits per heavy atom. The molecule has 0 bridgehead atoms. The molecule has 0 saturated carbocycles. The maximum Gasteiger partial charge on any atom is 0.387 e. The van der Waals surface area contributed by atoms with E-state index in [2.05, 4.69) is 20.7 Å². The predicted octanol–water partition coefficient (Wildman–Crippen LogP) is 3.00. The minimum Gasteiger partial charge on any atom is -0.435 e. The van der Waals surface area contributed by atoms with Crippen molar-refractivity contribution in [3.05, 3.63) is 23.8 Å². The van der Waals surface area contributed by atoms with Crippen molar-refractivity contribution in [2.45, 2.75) is 26.2 Å². The summed E-state index contributed by atoms with van der Waals surface area (Å²) < 4.78 is 57.1. The molecule has 0 aliphatic rings. The third-order valence-corrected chi connectivity index (χ3v) is 2.24. The highest BCUT2D eigenvalue weighted by molar-refractivity contribution is 5.40. The summed E-state index contributed by atoms with van der Waals surface area (Å²) in [5, 5.41) is 2.92. The average molecular weight is 291 g/mol. The van der Waals surface area contributed by atoms with Gasteiger partial charge in [-0.15, -0.1) is 12.3 Å². The second kappa shape index (κ2) is 8.27. The molecule has 0 spiro atoms. The SMILES string of the molecule is C#CCCNCc1ccc(OC(F)F)cc1OC(F)F. The molecule has 0 saturated heterocycles. The quantitative estimate of drug-likeness (QED) is 0.454. The van der Waals surface area contributed by atoms with E-state index >= 15 is 0 Å². The van der Waals surface area contributed by atoms with Crippen LogP contribution >= 0.6 is 0 Å². The van der Waals surface area contributed by atoms with Crippen molar-refractivity contribution < 1.29 is 27.0 Å². The first-order valence-electron chi connectivity index (χ1n) is 5.69. The Labute approximate surface area is 113 Å². The van der Waals surface area contributed by atoms with E-state index in [1.807, 2.05) is 0 Å². The zero-order chi connectivity index (χ0) is 15.0. The van der Waals surface area contributed by atoms with Crippen molar-refractivity contribution in [2.75, 3.05) is 6.54 Å². The van der Waals surface area contributed by atoms with Gasteiger partial charge in [-0.3, -0.25) is 0 Å². The second-order valence-electron chi connectivity index (χ2n) is 3.66. The van der Waals surface area contributed by atoms with Crippen LogP contribution in [0.4, 0.5) is 17.6 Å². The van der Waals surface area contributed by atoms with Gasteiger partial charge in [-0.2, -0.15) is 17.6 Å². The Morgan fingerprint density at radius 3 is 2.45 bits per heavy atom. The normalized spacial score (nSPS) is 10.7. The summed E-state index contributed by atoms with van der Waals surface area (Å²) in [6, 6.07) is 3.62. The van der Waals surface area contributed by atoms with Gasteiger partial charge in [-0.1, -0.05) is 6.07 Å². The van der Waals surface area contributed by atoms with Crippen LogP contribution in [0.15, 0.2) is 18.2 Å². The molecule has 1 rings (SSSR count). The molecule has 0 atom stereocenters. The van der Waals surface area contributed by atoms with Crippen LogP contribution in [0.1, 0.15) is 12.0 Å². The Bertz CT molecular complexity index is 460. The fourth-order valence-electron chi connectivity index (χ4n) is 1.45. The van der Waals surface area contributed by atoms with Crippen LogP contribution in [0.5, 0.6) is 11.5 Å². The summed E-state index contributed by atoms with van der Waals surface area (Å²) in [6.07, 6.45) is 5.55. The van der Waals surface area contributed by atoms with Gasteiger partial charge in [0.05, 0.1) is 0 Å². The second-order valence-corrected chi connectivity index (χ2v) is 3.66. The largest absolute Gasteiger partial charge is 0.435 e. The summed E-state index contributed by atoms with van der Waals surface area (Å²) in [6.45, 7) is -5.37. The van der Waals surface area contributed by atoms with Crippen LogP contribution < -0.4 is 14.8 Å². The first kappa shape index (κ1) is 16.1. The number of hydrogen-bond donors (Lipinski definition) is 1. The number of benzene rings is 1. The molecule has 0 aliphatic heterocycles. The monoisotopic (exact) mass is 291 g/mol. The third-order valence-electron chi connectivity index (χ3n) is 2.24. The molecule has 20 heavy (non-hydrogen) atoms. The molecule has 3 nitrogen and oxygen atoms in total. The van der Waals surface area contributed by atoms with Gasteiger partial charge in [0.15, 0.2) is 0 Å². The van der Waals surface area contributed by atoms with Gasteiger partial charge in [0.2, 0.25) is 0 Å². The van der Waals surface area contributed by atoms with Gasteiger partial charge >= 0.3 is 13.2 Å². The Morgan fingerprint density at radius 2 is 1.85 bits per heavy atom. The lowest BCUT2D eigenvalue weighted by Gasteiger charge is -2.13. The van der Waals surface area contributed by atoms with E-state index in [1.54, 1.807) is 0 Å². The van der Waals surface area contributed by atoms with Crippen molar-refractivity contribution in [2.24, 2.45) is 0 Å². The van der Waals surface area contributed by atoms with E-state index in [0.29, 0.717) is 18.5 Å². The summed E-state index contributed by atoms with van der Waals surface area (Å²) in [7, 11) is 0. The molecule has 110 valence electrons. The maximum atomic E-state index is 12.3. The topological polar surface area (TPSA) is 30.5 Å². The van der Waals surface area contributed by atoms with Gasteiger partial charge in [0.25, 0.3) is 0 Å². The molecule has 7 heteroatoms. The van der Waals surface area contributed by atoms with Gasteiger partial charge in [0, 0.05) is 31.1 Å². The number of terminal acetylenes is 1. The molecule has 0 aliphatic carbocycles. The van der Waals surface area contributed by atoms with Gasteiger partial charge in [-0.05, 0) is 6.07 Å². The molecule has 0 amide bonds. The van der Waals surface area contributed by atoms with E-state index < -0.39 is 13.2 Å². The van der Waals surface area contributed by atoms with Crippen LogP contribution in [0.2, 0.25) is 0 Å². The number of hydrogen-bond acceptors (Lipinski definition) is 3. The summed E-state index contributed by atoms with van der Waals surface area (Å²) in [5.74, 6) is 1.95. The predicted molar refractivity (Wildman–Crippen MR) is 64.9 cm³/mol. The van der Waals surface area contributed by atoms with Crippen molar-refractivity contribution in [3.63, 3.8) is 0 Å². The van der Waals surface area contributed by atoms with Crippen molar-refractivity contribution in [1.29, 1.82) is 0 Å². The first-order chi connectivity index (χ1) is 9.52. The Balaban J connectivity index is 2.78. The highest BCUT2D eigenvalue weighted by Gasteiger charge is 2.13. The number of alkyl halides is 4. The van der Waals surface area contributed by atoms with Gasteiger partial charge in [-0.25, -0.2) is 0 Å². The van der Waals surface area contributed by atoms with E-state index in [-0.39, 0.29) is 18.0 Å². The zero-order valence-corrected chi connectivity index (χ0v) is 10.4.